The molecule has 0 atom stereocenters. The number of hydrogen-bond acceptors (Lipinski definition) is 4. The molecule has 0 bridgehead atoms. The van der Waals surface area contributed by atoms with E-state index in [1.165, 1.54) is 0 Å². The number of nitrogens with two attached hydrogens (primary N) is 1. The zero-order valence-electron chi connectivity index (χ0n) is 11.5. The Morgan fingerprint density at radius 3 is 2.22 bits per heavy atom. The molecule has 1 fully saturated rings. The Labute approximate surface area is 108 Å². The molecule has 1 aliphatic heterocycles. The number of likely N-dealkylation sites (N-methyl/N-ethyl adjacent to an activating group) is 1. The number of amides is 2. The number of carbonyl (C=O) groups excluding carboxylic acids is 2. The number of nitrogens with zero attached hydrogens (tertiary/aromatic N) is 2. The fraction of sp³-hybridized carbons (Fsp3) is 0.833. The monoisotopic (exact) mass is 256 g/mol. The van der Waals surface area contributed by atoms with Gasteiger partial charge in [0.25, 0.3) is 0 Å². The molecule has 18 heavy (non-hydrogen) atoms. The van der Waals surface area contributed by atoms with Gasteiger partial charge >= 0.3 is 0 Å². The van der Waals surface area contributed by atoms with E-state index in [2.05, 4.69) is 10.2 Å². The summed E-state index contributed by atoms with van der Waals surface area (Å²) in [6.45, 7) is 9.11. The van der Waals surface area contributed by atoms with Crippen molar-refractivity contribution in [3.05, 3.63) is 0 Å². The molecule has 0 aromatic heterocycles. The second kappa shape index (κ2) is 6.15. The average molecular weight is 256 g/mol. The Hall–Kier alpha value is -1.14. The quantitative estimate of drug-likeness (QED) is 0.676. The van der Waals surface area contributed by atoms with Crippen LogP contribution in [0.3, 0.4) is 0 Å². The largest absolute Gasteiger partial charge is 0.355 e. The first kappa shape index (κ1) is 14.9. The first-order valence-electron chi connectivity index (χ1n) is 6.42. The summed E-state index contributed by atoms with van der Waals surface area (Å²) in [5.74, 6) is 0.0107. The van der Waals surface area contributed by atoms with E-state index < -0.39 is 5.54 Å². The topological polar surface area (TPSA) is 78.7 Å². The van der Waals surface area contributed by atoms with E-state index in [0.29, 0.717) is 26.2 Å². The zero-order valence-corrected chi connectivity index (χ0v) is 11.5. The van der Waals surface area contributed by atoms with Crippen LogP contribution in [0.4, 0.5) is 0 Å². The van der Waals surface area contributed by atoms with Crippen LogP contribution in [-0.2, 0) is 9.59 Å². The smallest absolute Gasteiger partial charge is 0.242 e. The third-order valence-electron chi connectivity index (χ3n) is 2.95. The minimum Gasteiger partial charge on any atom is -0.355 e. The second-order valence-corrected chi connectivity index (χ2v) is 5.24. The summed E-state index contributed by atoms with van der Waals surface area (Å²) in [5, 5.41) is 2.77. The summed E-state index contributed by atoms with van der Waals surface area (Å²) in [6.07, 6.45) is 0. The Morgan fingerprint density at radius 1 is 1.22 bits per heavy atom. The maximum Gasteiger partial charge on any atom is 0.242 e. The Kier molecular flexibility index (Phi) is 5.10. The maximum atomic E-state index is 12.0. The van der Waals surface area contributed by atoms with Crippen molar-refractivity contribution in [1.29, 1.82) is 0 Å². The molecule has 1 rings (SSSR count). The fourth-order valence-corrected chi connectivity index (χ4v) is 1.97. The van der Waals surface area contributed by atoms with Gasteiger partial charge in [-0.25, -0.2) is 0 Å². The Balaban J connectivity index is 2.37. The predicted molar refractivity (Wildman–Crippen MR) is 70.0 cm³/mol. The molecule has 6 nitrogen and oxygen atoms in total. The predicted octanol–water partition coefficient (Wildman–Crippen LogP) is -0.996. The summed E-state index contributed by atoms with van der Waals surface area (Å²) in [4.78, 5) is 27.2. The number of carbonyl (C=O) groups is 2. The van der Waals surface area contributed by atoms with Gasteiger partial charge in [-0.1, -0.05) is 0 Å². The van der Waals surface area contributed by atoms with Crippen molar-refractivity contribution in [2.24, 2.45) is 5.73 Å². The van der Waals surface area contributed by atoms with Crippen molar-refractivity contribution < 1.29 is 9.59 Å². The standard InChI is InChI=1S/C12H24N4O2/c1-4-14-10(17)9-15-5-7-16(8-6-15)11(18)12(2,3)13/h4-9,13H2,1-3H3,(H,14,17). The highest BCUT2D eigenvalue weighted by atomic mass is 16.2. The molecule has 0 radical (unpaired) electrons. The third-order valence-corrected chi connectivity index (χ3v) is 2.95. The van der Waals surface area contributed by atoms with Crippen LogP contribution in [0.2, 0.25) is 0 Å². The Morgan fingerprint density at radius 2 is 1.78 bits per heavy atom. The summed E-state index contributed by atoms with van der Waals surface area (Å²) < 4.78 is 0. The highest BCUT2D eigenvalue weighted by Crippen LogP contribution is 2.08. The molecule has 6 heteroatoms. The van der Waals surface area contributed by atoms with Gasteiger partial charge in [0, 0.05) is 32.7 Å². The van der Waals surface area contributed by atoms with Crippen molar-refractivity contribution in [3.8, 4) is 0 Å². The lowest BCUT2D eigenvalue weighted by atomic mass is 10.0. The minimum absolute atomic E-state index is 0.0276. The fourth-order valence-electron chi connectivity index (χ4n) is 1.97. The number of rotatable bonds is 4. The summed E-state index contributed by atoms with van der Waals surface area (Å²) in [6, 6.07) is 0. The molecule has 0 spiro atoms. The van der Waals surface area contributed by atoms with Crippen molar-refractivity contribution in [2.75, 3.05) is 39.3 Å². The molecule has 2 amide bonds. The lowest BCUT2D eigenvalue weighted by Crippen LogP contribution is -2.57. The average Bonchev–Trinajstić information content (AvgIpc) is 2.28. The van der Waals surface area contributed by atoms with Gasteiger partial charge in [-0.15, -0.1) is 0 Å². The SMILES string of the molecule is CCNC(=O)CN1CCN(C(=O)C(C)(C)N)CC1. The zero-order chi connectivity index (χ0) is 13.8. The van der Waals surface area contributed by atoms with Crippen molar-refractivity contribution in [2.45, 2.75) is 26.3 Å². The van der Waals surface area contributed by atoms with E-state index in [-0.39, 0.29) is 11.8 Å². The summed E-state index contributed by atoms with van der Waals surface area (Å²) in [5.41, 5.74) is 4.98. The molecule has 0 aromatic rings. The third kappa shape index (κ3) is 4.27. The molecular formula is C12H24N4O2. The molecule has 0 aliphatic carbocycles. The van der Waals surface area contributed by atoms with Crippen LogP contribution >= 0.6 is 0 Å². The molecule has 104 valence electrons. The van der Waals surface area contributed by atoms with Gasteiger partial charge in [0.05, 0.1) is 12.1 Å². The van der Waals surface area contributed by atoms with E-state index in [1.807, 2.05) is 6.92 Å². The summed E-state index contributed by atoms with van der Waals surface area (Å²) in [7, 11) is 0. The molecule has 0 aromatic carbocycles. The van der Waals surface area contributed by atoms with Gasteiger partial charge in [0.2, 0.25) is 11.8 Å². The number of hydrogen-bond donors (Lipinski definition) is 2. The van der Waals surface area contributed by atoms with Gasteiger partial charge in [0.1, 0.15) is 0 Å². The van der Waals surface area contributed by atoms with Crippen molar-refractivity contribution in [3.63, 3.8) is 0 Å². The van der Waals surface area contributed by atoms with Gasteiger partial charge in [-0.3, -0.25) is 14.5 Å². The van der Waals surface area contributed by atoms with Crippen LogP contribution in [0.1, 0.15) is 20.8 Å². The first-order chi connectivity index (χ1) is 8.34. The van der Waals surface area contributed by atoms with Crippen molar-refractivity contribution in [1.82, 2.24) is 15.1 Å². The van der Waals surface area contributed by atoms with E-state index in [4.69, 9.17) is 5.73 Å². The molecule has 3 N–H and O–H groups in total. The van der Waals surface area contributed by atoms with Crippen LogP contribution in [0, 0.1) is 0 Å². The molecule has 0 saturated carbocycles. The number of nitrogens with one attached hydrogen (secondary N) is 1. The van der Waals surface area contributed by atoms with E-state index in [1.54, 1.807) is 18.7 Å². The van der Waals surface area contributed by atoms with E-state index in [0.717, 1.165) is 13.1 Å². The first-order valence-corrected chi connectivity index (χ1v) is 6.42. The molecule has 1 aliphatic rings. The van der Waals surface area contributed by atoms with Crippen LogP contribution in [-0.4, -0.2) is 66.4 Å². The molecule has 1 saturated heterocycles. The van der Waals surface area contributed by atoms with Gasteiger partial charge < -0.3 is 16.0 Å². The lowest BCUT2D eigenvalue weighted by molar-refractivity contribution is -0.137. The molecule has 1 heterocycles. The van der Waals surface area contributed by atoms with Gasteiger partial charge in [0.15, 0.2) is 0 Å². The van der Waals surface area contributed by atoms with Crippen LogP contribution < -0.4 is 11.1 Å². The highest BCUT2D eigenvalue weighted by Gasteiger charge is 2.30. The van der Waals surface area contributed by atoms with Gasteiger partial charge in [-0.05, 0) is 20.8 Å². The van der Waals surface area contributed by atoms with Gasteiger partial charge in [-0.2, -0.15) is 0 Å². The van der Waals surface area contributed by atoms with Crippen LogP contribution in [0.15, 0.2) is 0 Å². The lowest BCUT2D eigenvalue weighted by Gasteiger charge is -2.37. The van der Waals surface area contributed by atoms with Crippen molar-refractivity contribution >= 4 is 11.8 Å². The summed E-state index contributed by atoms with van der Waals surface area (Å²) >= 11 is 0. The second-order valence-electron chi connectivity index (χ2n) is 5.24. The molecule has 0 unspecified atom stereocenters. The van der Waals surface area contributed by atoms with Crippen LogP contribution in [0.25, 0.3) is 0 Å². The number of piperazine rings is 1. The highest BCUT2D eigenvalue weighted by molar-refractivity contribution is 5.85. The Bertz CT molecular complexity index is 304. The maximum absolute atomic E-state index is 12.0. The molecular weight excluding hydrogens is 232 g/mol. The minimum atomic E-state index is -0.818. The van der Waals surface area contributed by atoms with E-state index in [9.17, 15) is 9.59 Å². The van der Waals surface area contributed by atoms with Crippen LogP contribution in [0.5, 0.6) is 0 Å². The van der Waals surface area contributed by atoms with E-state index >= 15 is 0 Å². The normalized spacial score (nSPS) is 17.7.